The monoisotopic (exact) mass is 327 g/mol. The SMILES string of the molecule is Cc1nsc(N)c1C(=O)OCC(=O)Nc1ccc(F)cc1F. The molecular weight excluding hydrogens is 316 g/mol. The average molecular weight is 327 g/mol. The van der Waals surface area contributed by atoms with Crippen LogP contribution in [0.2, 0.25) is 0 Å². The lowest BCUT2D eigenvalue weighted by Gasteiger charge is -2.07. The Morgan fingerprint density at radius 1 is 1.41 bits per heavy atom. The molecule has 0 atom stereocenters. The molecule has 0 aliphatic heterocycles. The highest BCUT2D eigenvalue weighted by Gasteiger charge is 2.19. The predicted octanol–water partition coefficient (Wildman–Crippen LogP) is 2.11. The number of anilines is 2. The molecule has 0 bridgehead atoms. The number of aromatic nitrogens is 1. The quantitative estimate of drug-likeness (QED) is 0.839. The lowest BCUT2D eigenvalue weighted by Crippen LogP contribution is -2.22. The molecule has 1 aromatic carbocycles. The van der Waals surface area contributed by atoms with E-state index >= 15 is 0 Å². The molecule has 0 aliphatic rings. The Balaban J connectivity index is 1.94. The zero-order valence-corrected chi connectivity index (χ0v) is 12.2. The minimum absolute atomic E-state index is 0.103. The minimum atomic E-state index is -0.929. The second-order valence-corrected chi connectivity index (χ2v) is 5.06. The summed E-state index contributed by atoms with van der Waals surface area (Å²) in [5, 5.41) is 2.35. The van der Waals surface area contributed by atoms with Gasteiger partial charge in [0.15, 0.2) is 6.61 Å². The minimum Gasteiger partial charge on any atom is -0.452 e. The summed E-state index contributed by atoms with van der Waals surface area (Å²) in [6.07, 6.45) is 0. The molecule has 0 saturated carbocycles. The van der Waals surface area contributed by atoms with Gasteiger partial charge >= 0.3 is 5.97 Å². The smallest absolute Gasteiger partial charge is 0.343 e. The molecule has 9 heteroatoms. The predicted molar refractivity (Wildman–Crippen MR) is 76.5 cm³/mol. The number of halogens is 2. The van der Waals surface area contributed by atoms with Crippen LogP contribution in [0, 0.1) is 18.6 Å². The Morgan fingerprint density at radius 2 is 2.14 bits per heavy atom. The maximum atomic E-state index is 13.4. The number of benzene rings is 1. The van der Waals surface area contributed by atoms with E-state index in [4.69, 9.17) is 10.5 Å². The maximum Gasteiger partial charge on any atom is 0.343 e. The van der Waals surface area contributed by atoms with Crippen molar-refractivity contribution in [3.05, 3.63) is 41.1 Å². The van der Waals surface area contributed by atoms with Gasteiger partial charge < -0.3 is 15.8 Å². The van der Waals surface area contributed by atoms with Crippen LogP contribution in [-0.2, 0) is 9.53 Å². The number of hydrogen-bond donors (Lipinski definition) is 2. The third-order valence-electron chi connectivity index (χ3n) is 2.63. The molecule has 0 radical (unpaired) electrons. The van der Waals surface area contributed by atoms with Gasteiger partial charge in [0.2, 0.25) is 0 Å². The number of carbonyl (C=O) groups excluding carboxylic acids is 2. The Bertz CT molecular complexity index is 714. The fourth-order valence-corrected chi connectivity index (χ4v) is 2.26. The van der Waals surface area contributed by atoms with Crippen molar-refractivity contribution in [3.8, 4) is 0 Å². The normalized spacial score (nSPS) is 10.3. The second kappa shape index (κ2) is 6.48. The van der Waals surface area contributed by atoms with Crippen LogP contribution in [0.4, 0.5) is 19.5 Å². The van der Waals surface area contributed by atoms with Gasteiger partial charge in [-0.05, 0) is 30.6 Å². The molecule has 0 saturated heterocycles. The fourth-order valence-electron chi connectivity index (χ4n) is 1.62. The molecule has 2 aromatic rings. The lowest BCUT2D eigenvalue weighted by molar-refractivity contribution is -0.119. The molecule has 1 amide bonds. The number of nitrogens with two attached hydrogens (primary N) is 1. The highest BCUT2D eigenvalue weighted by molar-refractivity contribution is 7.10. The Kier molecular flexibility index (Phi) is 4.66. The summed E-state index contributed by atoms with van der Waals surface area (Å²) in [5.41, 5.74) is 5.87. The highest BCUT2D eigenvalue weighted by Crippen LogP contribution is 2.21. The summed E-state index contributed by atoms with van der Waals surface area (Å²) in [5.74, 6) is -3.25. The second-order valence-electron chi connectivity index (χ2n) is 4.26. The Hall–Kier alpha value is -2.55. The van der Waals surface area contributed by atoms with Crippen LogP contribution in [-0.4, -0.2) is 22.9 Å². The Labute approximate surface area is 128 Å². The molecule has 1 heterocycles. The van der Waals surface area contributed by atoms with Gasteiger partial charge in [-0.1, -0.05) is 0 Å². The molecule has 2 rings (SSSR count). The lowest BCUT2D eigenvalue weighted by atomic mass is 10.2. The van der Waals surface area contributed by atoms with Crippen molar-refractivity contribution < 1.29 is 23.1 Å². The van der Waals surface area contributed by atoms with E-state index in [1.807, 2.05) is 0 Å². The maximum absolute atomic E-state index is 13.4. The summed E-state index contributed by atoms with van der Waals surface area (Å²) < 4.78 is 34.8. The van der Waals surface area contributed by atoms with Gasteiger partial charge in [0.25, 0.3) is 5.91 Å². The van der Waals surface area contributed by atoms with E-state index in [-0.39, 0.29) is 16.3 Å². The van der Waals surface area contributed by atoms with Gasteiger partial charge in [-0.15, -0.1) is 0 Å². The van der Waals surface area contributed by atoms with Gasteiger partial charge in [0, 0.05) is 6.07 Å². The molecule has 0 fully saturated rings. The van der Waals surface area contributed by atoms with Crippen LogP contribution < -0.4 is 11.1 Å². The van der Waals surface area contributed by atoms with E-state index in [0.717, 1.165) is 23.7 Å². The first kappa shape index (κ1) is 15.8. The van der Waals surface area contributed by atoms with Crippen LogP contribution in [0.3, 0.4) is 0 Å². The zero-order valence-electron chi connectivity index (χ0n) is 11.4. The van der Waals surface area contributed by atoms with Crippen LogP contribution >= 0.6 is 11.5 Å². The molecule has 116 valence electrons. The van der Waals surface area contributed by atoms with Gasteiger partial charge in [-0.3, -0.25) is 4.79 Å². The number of nitrogens with one attached hydrogen (secondary N) is 1. The van der Waals surface area contributed by atoms with Gasteiger partial charge in [0.05, 0.1) is 11.4 Å². The van der Waals surface area contributed by atoms with Gasteiger partial charge in [0.1, 0.15) is 22.2 Å². The third kappa shape index (κ3) is 3.55. The fraction of sp³-hybridized carbons (Fsp3) is 0.154. The number of hydrogen-bond acceptors (Lipinski definition) is 6. The summed E-state index contributed by atoms with van der Waals surface area (Å²) in [6, 6.07) is 2.68. The first-order chi connectivity index (χ1) is 10.4. The molecule has 0 unspecified atom stereocenters. The first-order valence-corrected chi connectivity index (χ1v) is 6.79. The molecule has 0 aliphatic carbocycles. The number of nitrogen functional groups attached to an aromatic ring is 1. The largest absolute Gasteiger partial charge is 0.452 e. The van der Waals surface area contributed by atoms with Crippen LogP contribution in [0.15, 0.2) is 18.2 Å². The molecular formula is C13H11F2N3O3S. The van der Waals surface area contributed by atoms with E-state index in [0.29, 0.717) is 11.8 Å². The van der Waals surface area contributed by atoms with E-state index < -0.39 is 30.1 Å². The van der Waals surface area contributed by atoms with Crippen molar-refractivity contribution in [2.75, 3.05) is 17.7 Å². The molecule has 3 N–H and O–H groups in total. The van der Waals surface area contributed by atoms with E-state index in [2.05, 4.69) is 9.69 Å². The average Bonchev–Trinajstić information content (AvgIpc) is 2.79. The zero-order chi connectivity index (χ0) is 16.3. The van der Waals surface area contributed by atoms with Crippen molar-refractivity contribution in [1.29, 1.82) is 0 Å². The van der Waals surface area contributed by atoms with E-state index in [9.17, 15) is 18.4 Å². The van der Waals surface area contributed by atoms with E-state index in [1.165, 1.54) is 0 Å². The number of esters is 1. The first-order valence-electron chi connectivity index (χ1n) is 6.02. The molecule has 22 heavy (non-hydrogen) atoms. The standard InChI is InChI=1S/C13H11F2N3O3S/c1-6-11(12(16)22-18-6)13(20)21-5-10(19)17-9-3-2-7(14)4-8(9)15/h2-4H,5,16H2,1H3,(H,17,19). The summed E-state index contributed by atoms with van der Waals surface area (Å²) in [7, 11) is 0. The number of rotatable bonds is 4. The summed E-state index contributed by atoms with van der Waals surface area (Å²) >= 11 is 0.941. The Morgan fingerprint density at radius 3 is 2.73 bits per heavy atom. The number of carbonyl (C=O) groups is 2. The van der Waals surface area contributed by atoms with Crippen molar-refractivity contribution in [2.24, 2.45) is 0 Å². The van der Waals surface area contributed by atoms with Crippen molar-refractivity contribution in [1.82, 2.24) is 4.37 Å². The molecule has 1 aromatic heterocycles. The van der Waals surface area contributed by atoms with Crippen LogP contribution in [0.5, 0.6) is 0 Å². The van der Waals surface area contributed by atoms with Crippen molar-refractivity contribution in [3.63, 3.8) is 0 Å². The summed E-state index contributed by atoms with van der Waals surface area (Å²) in [4.78, 5) is 23.4. The number of ether oxygens (including phenoxy) is 1. The van der Waals surface area contributed by atoms with Crippen LogP contribution in [0.1, 0.15) is 16.1 Å². The van der Waals surface area contributed by atoms with E-state index in [1.54, 1.807) is 6.92 Å². The van der Waals surface area contributed by atoms with Gasteiger partial charge in [-0.25, -0.2) is 13.6 Å². The van der Waals surface area contributed by atoms with Gasteiger partial charge in [-0.2, -0.15) is 4.37 Å². The van der Waals surface area contributed by atoms with Crippen LogP contribution in [0.25, 0.3) is 0 Å². The van der Waals surface area contributed by atoms with Crippen molar-refractivity contribution in [2.45, 2.75) is 6.92 Å². The highest BCUT2D eigenvalue weighted by atomic mass is 32.1. The molecule has 0 spiro atoms. The number of amides is 1. The third-order valence-corrected chi connectivity index (χ3v) is 3.40. The topological polar surface area (TPSA) is 94.3 Å². The number of aryl methyl sites for hydroxylation is 1. The number of nitrogens with zero attached hydrogens (tertiary/aromatic N) is 1. The molecule has 6 nitrogen and oxygen atoms in total. The summed E-state index contributed by atoms with van der Waals surface area (Å²) in [6.45, 7) is 0.946. The van der Waals surface area contributed by atoms with Crippen molar-refractivity contribution >= 4 is 34.1 Å².